The van der Waals surface area contributed by atoms with Crippen molar-refractivity contribution in [2.45, 2.75) is 25.3 Å². The molecule has 0 fully saturated rings. The minimum absolute atomic E-state index is 0.116. The molecule has 0 saturated heterocycles. The van der Waals surface area contributed by atoms with Crippen molar-refractivity contribution >= 4 is 17.2 Å². The molecule has 0 radical (unpaired) electrons. The summed E-state index contributed by atoms with van der Waals surface area (Å²) in [5.41, 5.74) is 3.02. The van der Waals surface area contributed by atoms with Gasteiger partial charge in [-0.2, -0.15) is 0 Å². The quantitative estimate of drug-likeness (QED) is 0.518. The predicted molar refractivity (Wildman–Crippen MR) is 128 cm³/mol. The number of nitrogens with one attached hydrogen (secondary N) is 1. The van der Waals surface area contributed by atoms with Crippen LogP contribution in [-0.2, 0) is 0 Å². The normalized spacial score (nSPS) is 14.8. The number of amides is 1. The van der Waals surface area contributed by atoms with E-state index < -0.39 is 17.8 Å². The number of hydrogen-bond acceptors (Lipinski definition) is 4. The molecule has 0 spiro atoms. The summed E-state index contributed by atoms with van der Waals surface area (Å²) >= 11 is 0. The predicted octanol–water partition coefficient (Wildman–Crippen LogP) is 4.53. The van der Waals surface area contributed by atoms with E-state index in [1.165, 1.54) is 24.3 Å². The molecule has 7 heteroatoms. The third-order valence-corrected chi connectivity index (χ3v) is 5.97. The van der Waals surface area contributed by atoms with Crippen LogP contribution in [-0.4, -0.2) is 40.9 Å². The highest BCUT2D eigenvalue weighted by atomic mass is 19.1. The maximum atomic E-state index is 15.0. The van der Waals surface area contributed by atoms with Gasteiger partial charge in [0.05, 0.1) is 17.8 Å². The summed E-state index contributed by atoms with van der Waals surface area (Å²) in [7, 11) is 0. The molecule has 0 bridgehead atoms. The monoisotopic (exact) mass is 461 g/mol. The van der Waals surface area contributed by atoms with Gasteiger partial charge in [0.25, 0.3) is 5.91 Å². The summed E-state index contributed by atoms with van der Waals surface area (Å²) in [5, 5.41) is 12.5. The van der Waals surface area contributed by atoms with E-state index >= 15 is 0 Å². The number of nitrogens with zero attached hydrogens (tertiary/aromatic N) is 2. The highest BCUT2D eigenvalue weighted by Gasteiger charge is 2.26. The molecule has 5 nitrogen and oxygen atoms in total. The first-order valence-electron chi connectivity index (χ1n) is 11.1. The van der Waals surface area contributed by atoms with Crippen molar-refractivity contribution in [2.75, 3.05) is 13.2 Å². The van der Waals surface area contributed by atoms with E-state index in [4.69, 9.17) is 0 Å². The number of allylic oxidation sites excluding steroid dienone is 1. The molecule has 2 heterocycles. The number of pyridine rings is 1. The number of carbonyl (C=O) groups is 1. The van der Waals surface area contributed by atoms with Crippen LogP contribution in [0.5, 0.6) is 0 Å². The molecule has 1 amide bonds. The lowest BCUT2D eigenvalue weighted by molar-refractivity contribution is 0.0923. The van der Waals surface area contributed by atoms with Crippen LogP contribution >= 0.6 is 0 Å². The standard InChI is InChI=1S/C27H25F2N3O2/c1-17(23-7-2-3-13-30-23)24(12-14-33)32-27(34)21-5-4-6-22(29)26(21)25-15-19(16-31-25)18-8-10-20(28)11-9-18/h2-11,13,15,17,24,33H,12,14,16H2,1H3,(H,32,34)/t17?,24-/m1/s1. The van der Waals surface area contributed by atoms with Crippen LogP contribution in [0.1, 0.15) is 46.4 Å². The average Bonchev–Trinajstić information content (AvgIpc) is 3.34. The van der Waals surface area contributed by atoms with E-state index in [1.54, 1.807) is 30.5 Å². The van der Waals surface area contributed by atoms with Crippen molar-refractivity contribution in [3.63, 3.8) is 0 Å². The van der Waals surface area contributed by atoms with Gasteiger partial charge >= 0.3 is 0 Å². The summed E-state index contributed by atoms with van der Waals surface area (Å²) in [5.74, 6) is -1.52. The molecule has 4 rings (SSSR count). The van der Waals surface area contributed by atoms with Crippen LogP contribution in [0.4, 0.5) is 8.78 Å². The third-order valence-electron chi connectivity index (χ3n) is 5.97. The zero-order valence-corrected chi connectivity index (χ0v) is 18.7. The zero-order chi connectivity index (χ0) is 24.1. The molecule has 34 heavy (non-hydrogen) atoms. The van der Waals surface area contributed by atoms with Crippen molar-refractivity contribution in [3.05, 3.63) is 107 Å². The maximum absolute atomic E-state index is 15.0. The molecule has 1 unspecified atom stereocenters. The number of rotatable bonds is 8. The van der Waals surface area contributed by atoms with Crippen LogP contribution in [0.25, 0.3) is 5.57 Å². The second-order valence-corrected chi connectivity index (χ2v) is 8.18. The topological polar surface area (TPSA) is 74.6 Å². The number of aliphatic imine (C=N–C) groups is 1. The second-order valence-electron chi connectivity index (χ2n) is 8.18. The zero-order valence-electron chi connectivity index (χ0n) is 18.7. The first-order valence-corrected chi connectivity index (χ1v) is 11.1. The van der Waals surface area contributed by atoms with Gasteiger partial charge in [-0.15, -0.1) is 0 Å². The van der Waals surface area contributed by atoms with Gasteiger partial charge in [0.15, 0.2) is 0 Å². The van der Waals surface area contributed by atoms with Gasteiger partial charge in [-0.05, 0) is 60.0 Å². The largest absolute Gasteiger partial charge is 0.396 e. The highest BCUT2D eigenvalue weighted by Crippen LogP contribution is 2.26. The summed E-state index contributed by atoms with van der Waals surface area (Å²) < 4.78 is 28.2. The first-order chi connectivity index (χ1) is 16.5. The molecule has 1 aliphatic heterocycles. The molecular formula is C27H25F2N3O2. The van der Waals surface area contributed by atoms with Gasteiger partial charge in [0.1, 0.15) is 11.6 Å². The molecule has 0 saturated carbocycles. The Hall–Kier alpha value is -3.71. The van der Waals surface area contributed by atoms with Gasteiger partial charge < -0.3 is 10.4 Å². The third kappa shape index (κ3) is 5.10. The number of benzene rings is 2. The number of aromatic nitrogens is 1. The van der Waals surface area contributed by atoms with E-state index in [0.717, 1.165) is 16.8 Å². The molecule has 1 aromatic heterocycles. The van der Waals surface area contributed by atoms with E-state index in [0.29, 0.717) is 18.7 Å². The summed E-state index contributed by atoms with van der Waals surface area (Å²) in [6.07, 6.45) is 3.73. The number of carbonyl (C=O) groups excluding carboxylic acids is 1. The number of aliphatic hydroxyl groups excluding tert-OH is 1. The van der Waals surface area contributed by atoms with Crippen LogP contribution in [0, 0.1) is 11.6 Å². The fraction of sp³-hybridized carbons (Fsp3) is 0.222. The van der Waals surface area contributed by atoms with Crippen LogP contribution in [0.2, 0.25) is 0 Å². The molecule has 2 atom stereocenters. The lowest BCUT2D eigenvalue weighted by Gasteiger charge is -2.25. The minimum atomic E-state index is -0.556. The highest BCUT2D eigenvalue weighted by molar-refractivity contribution is 6.19. The Balaban J connectivity index is 1.61. The Labute approximate surface area is 196 Å². The summed E-state index contributed by atoms with van der Waals surface area (Å²) in [6.45, 7) is 2.11. The molecular weight excluding hydrogens is 436 g/mol. The second kappa shape index (κ2) is 10.5. The SMILES string of the molecule is CC(c1ccccn1)[C@@H](CCO)NC(=O)c1cccc(F)c1C1=NCC(c2ccc(F)cc2)=C1. The molecule has 2 N–H and O–H groups in total. The van der Waals surface area contributed by atoms with Crippen molar-refractivity contribution in [2.24, 2.45) is 4.99 Å². The fourth-order valence-electron chi connectivity index (χ4n) is 4.07. The number of aliphatic hydroxyl groups is 1. The summed E-state index contributed by atoms with van der Waals surface area (Å²) in [6, 6.07) is 15.5. The number of halogens is 2. The maximum Gasteiger partial charge on any atom is 0.252 e. The van der Waals surface area contributed by atoms with Gasteiger partial charge in [0.2, 0.25) is 0 Å². The summed E-state index contributed by atoms with van der Waals surface area (Å²) in [4.78, 5) is 22.1. The Morgan fingerprint density at radius 3 is 2.59 bits per heavy atom. The van der Waals surface area contributed by atoms with Crippen LogP contribution in [0.15, 0.2) is 77.9 Å². The van der Waals surface area contributed by atoms with Crippen LogP contribution in [0.3, 0.4) is 0 Å². The fourth-order valence-corrected chi connectivity index (χ4v) is 4.07. The Morgan fingerprint density at radius 2 is 1.88 bits per heavy atom. The number of hydrogen-bond donors (Lipinski definition) is 2. The molecule has 0 aliphatic carbocycles. The van der Waals surface area contributed by atoms with Crippen molar-refractivity contribution in [1.82, 2.24) is 10.3 Å². The van der Waals surface area contributed by atoms with Gasteiger partial charge in [-0.25, -0.2) is 8.78 Å². The lowest BCUT2D eigenvalue weighted by atomic mass is 9.94. The van der Waals surface area contributed by atoms with E-state index in [-0.39, 0.29) is 29.5 Å². The Kier molecular flexibility index (Phi) is 7.23. The van der Waals surface area contributed by atoms with Gasteiger partial charge in [0, 0.05) is 36.0 Å². The lowest BCUT2D eigenvalue weighted by Crippen LogP contribution is -2.40. The van der Waals surface area contributed by atoms with Crippen molar-refractivity contribution < 1.29 is 18.7 Å². The van der Waals surface area contributed by atoms with Gasteiger partial charge in [-0.1, -0.05) is 31.2 Å². The Morgan fingerprint density at radius 1 is 1.09 bits per heavy atom. The first kappa shape index (κ1) is 23.4. The van der Waals surface area contributed by atoms with E-state index in [1.807, 2.05) is 25.1 Å². The molecule has 2 aromatic carbocycles. The smallest absolute Gasteiger partial charge is 0.252 e. The molecule has 3 aromatic rings. The molecule has 174 valence electrons. The van der Waals surface area contributed by atoms with Crippen LogP contribution < -0.4 is 5.32 Å². The molecule has 1 aliphatic rings. The Bertz CT molecular complexity index is 1220. The van der Waals surface area contributed by atoms with E-state index in [9.17, 15) is 18.7 Å². The van der Waals surface area contributed by atoms with E-state index in [2.05, 4.69) is 15.3 Å². The average molecular weight is 462 g/mol. The van der Waals surface area contributed by atoms with Gasteiger partial charge in [-0.3, -0.25) is 14.8 Å². The van der Waals surface area contributed by atoms with Crippen molar-refractivity contribution in [1.29, 1.82) is 0 Å². The van der Waals surface area contributed by atoms with Crippen molar-refractivity contribution in [3.8, 4) is 0 Å². The minimum Gasteiger partial charge on any atom is -0.396 e.